The highest BCUT2D eigenvalue weighted by Crippen LogP contribution is 2.28. The smallest absolute Gasteiger partial charge is 0.132 e. The molecule has 3 aromatic rings. The fraction of sp³-hybridized carbons (Fsp3) is 0.125. The zero-order valence-corrected chi connectivity index (χ0v) is 10.8. The monoisotopic (exact) mass is 249 g/mol. The first-order chi connectivity index (χ1) is 9.28. The summed E-state index contributed by atoms with van der Waals surface area (Å²) < 4.78 is 0. The molecule has 0 unspecified atom stereocenters. The summed E-state index contributed by atoms with van der Waals surface area (Å²) >= 11 is 0. The number of hydrogen-bond acceptors (Lipinski definition) is 3. The van der Waals surface area contributed by atoms with Crippen molar-refractivity contribution >= 4 is 16.7 Å². The van der Waals surface area contributed by atoms with E-state index in [0.717, 1.165) is 28.5 Å². The van der Waals surface area contributed by atoms with Crippen LogP contribution < -0.4 is 5.73 Å². The molecule has 0 fully saturated rings. The fourth-order valence-corrected chi connectivity index (χ4v) is 2.20. The third kappa shape index (κ3) is 2.15. The van der Waals surface area contributed by atoms with Crippen LogP contribution >= 0.6 is 0 Å². The molecule has 0 atom stereocenters. The first-order valence-corrected chi connectivity index (χ1v) is 6.37. The molecule has 3 nitrogen and oxygen atoms in total. The summed E-state index contributed by atoms with van der Waals surface area (Å²) in [5.41, 5.74) is 10.2. The molecule has 0 bridgehead atoms. The molecule has 0 aliphatic heterocycles. The van der Waals surface area contributed by atoms with Crippen molar-refractivity contribution in [2.45, 2.75) is 13.3 Å². The van der Waals surface area contributed by atoms with Gasteiger partial charge in [-0.05, 0) is 30.2 Å². The molecule has 0 saturated heterocycles. The summed E-state index contributed by atoms with van der Waals surface area (Å²) in [5, 5.41) is 1.10. The van der Waals surface area contributed by atoms with E-state index in [1.165, 1.54) is 5.56 Å². The van der Waals surface area contributed by atoms with Gasteiger partial charge in [0.25, 0.3) is 0 Å². The maximum absolute atomic E-state index is 6.07. The molecule has 0 radical (unpaired) electrons. The maximum atomic E-state index is 6.07. The van der Waals surface area contributed by atoms with Crippen LogP contribution in [0, 0.1) is 0 Å². The number of aromatic nitrogens is 2. The van der Waals surface area contributed by atoms with E-state index in [9.17, 15) is 0 Å². The van der Waals surface area contributed by atoms with Crippen LogP contribution in [0.1, 0.15) is 12.5 Å². The molecule has 2 aromatic heterocycles. The van der Waals surface area contributed by atoms with Crippen molar-refractivity contribution in [2.75, 3.05) is 5.73 Å². The lowest BCUT2D eigenvalue weighted by molar-refractivity contribution is 1.14. The summed E-state index contributed by atoms with van der Waals surface area (Å²) in [7, 11) is 0. The molecule has 3 rings (SSSR count). The number of fused-ring (bicyclic) bond motifs is 1. The molecule has 0 saturated carbocycles. The second-order valence-corrected chi connectivity index (χ2v) is 4.54. The summed E-state index contributed by atoms with van der Waals surface area (Å²) in [6, 6.07) is 12.3. The van der Waals surface area contributed by atoms with E-state index in [4.69, 9.17) is 5.73 Å². The number of nitrogens with zero attached hydrogens (tertiary/aromatic N) is 2. The molecule has 1 aromatic carbocycles. The van der Waals surface area contributed by atoms with Crippen molar-refractivity contribution < 1.29 is 0 Å². The second-order valence-electron chi connectivity index (χ2n) is 4.54. The number of hydrogen-bond donors (Lipinski definition) is 1. The van der Waals surface area contributed by atoms with Crippen LogP contribution in [-0.2, 0) is 6.42 Å². The zero-order valence-electron chi connectivity index (χ0n) is 10.8. The minimum Gasteiger partial charge on any atom is -0.383 e. The second kappa shape index (κ2) is 4.69. The van der Waals surface area contributed by atoms with E-state index >= 15 is 0 Å². The van der Waals surface area contributed by atoms with Crippen LogP contribution in [0.25, 0.3) is 22.0 Å². The van der Waals surface area contributed by atoms with Crippen LogP contribution in [0.3, 0.4) is 0 Å². The van der Waals surface area contributed by atoms with Gasteiger partial charge in [0.05, 0.1) is 5.52 Å². The van der Waals surface area contributed by atoms with Crippen molar-refractivity contribution in [3.8, 4) is 11.1 Å². The van der Waals surface area contributed by atoms with E-state index < -0.39 is 0 Å². The Morgan fingerprint density at radius 3 is 2.79 bits per heavy atom. The van der Waals surface area contributed by atoms with E-state index in [1.54, 1.807) is 12.4 Å². The lowest BCUT2D eigenvalue weighted by atomic mass is 10.0. The molecule has 94 valence electrons. The molecule has 0 aliphatic rings. The van der Waals surface area contributed by atoms with E-state index in [-0.39, 0.29) is 0 Å². The molecule has 19 heavy (non-hydrogen) atoms. The lowest BCUT2D eigenvalue weighted by Gasteiger charge is -2.08. The molecule has 0 amide bonds. The van der Waals surface area contributed by atoms with Crippen LogP contribution in [-0.4, -0.2) is 9.97 Å². The number of benzene rings is 1. The SMILES string of the molecule is CCc1ccc2cc(-c3cccnc3)c(N)nc2c1. The number of rotatable bonds is 2. The molecule has 2 heterocycles. The Balaban J connectivity index is 2.20. The van der Waals surface area contributed by atoms with Gasteiger partial charge in [-0.1, -0.05) is 25.1 Å². The van der Waals surface area contributed by atoms with Gasteiger partial charge in [0.1, 0.15) is 5.82 Å². The highest BCUT2D eigenvalue weighted by Gasteiger charge is 2.06. The lowest BCUT2D eigenvalue weighted by Crippen LogP contribution is -1.96. The third-order valence-corrected chi connectivity index (χ3v) is 3.29. The van der Waals surface area contributed by atoms with Crippen molar-refractivity contribution in [3.63, 3.8) is 0 Å². The Morgan fingerprint density at radius 1 is 1.16 bits per heavy atom. The quantitative estimate of drug-likeness (QED) is 0.757. The van der Waals surface area contributed by atoms with Crippen LogP contribution in [0.15, 0.2) is 48.8 Å². The summed E-state index contributed by atoms with van der Waals surface area (Å²) in [5.74, 6) is 0.550. The first-order valence-electron chi connectivity index (χ1n) is 6.37. The van der Waals surface area contributed by atoms with E-state index in [1.807, 2.05) is 12.1 Å². The topological polar surface area (TPSA) is 51.8 Å². The summed E-state index contributed by atoms with van der Waals surface area (Å²) in [6.07, 6.45) is 4.56. The van der Waals surface area contributed by atoms with Crippen LogP contribution in [0.4, 0.5) is 5.82 Å². The van der Waals surface area contributed by atoms with Crippen molar-refractivity contribution in [2.24, 2.45) is 0 Å². The minimum absolute atomic E-state index is 0.550. The predicted octanol–water partition coefficient (Wildman–Crippen LogP) is 3.44. The van der Waals surface area contributed by atoms with Gasteiger partial charge < -0.3 is 5.73 Å². The number of pyridine rings is 2. The Hall–Kier alpha value is -2.42. The van der Waals surface area contributed by atoms with Gasteiger partial charge in [-0.25, -0.2) is 4.98 Å². The first kappa shape index (κ1) is 11.7. The average Bonchev–Trinajstić information content (AvgIpc) is 2.47. The number of nitrogen functional groups attached to an aromatic ring is 1. The van der Waals surface area contributed by atoms with E-state index in [2.05, 4.69) is 41.2 Å². The molecule has 0 aliphatic carbocycles. The van der Waals surface area contributed by atoms with Crippen molar-refractivity contribution in [1.29, 1.82) is 0 Å². The van der Waals surface area contributed by atoms with Crippen molar-refractivity contribution in [1.82, 2.24) is 9.97 Å². The fourth-order valence-electron chi connectivity index (χ4n) is 2.20. The van der Waals surface area contributed by atoms with Gasteiger partial charge in [-0.3, -0.25) is 4.98 Å². The van der Waals surface area contributed by atoms with Gasteiger partial charge in [-0.15, -0.1) is 0 Å². The molecule has 3 heteroatoms. The Kier molecular flexibility index (Phi) is 2.88. The minimum atomic E-state index is 0.550. The molecular formula is C16H15N3. The van der Waals surface area contributed by atoms with Gasteiger partial charge in [0.2, 0.25) is 0 Å². The van der Waals surface area contributed by atoms with E-state index in [0.29, 0.717) is 5.82 Å². The Labute approximate surface area is 112 Å². The summed E-state index contributed by atoms with van der Waals surface area (Å²) in [4.78, 5) is 8.64. The highest BCUT2D eigenvalue weighted by molar-refractivity contribution is 5.88. The molecular weight excluding hydrogens is 234 g/mol. The zero-order chi connectivity index (χ0) is 13.2. The Bertz CT molecular complexity index is 721. The summed E-state index contributed by atoms with van der Waals surface area (Å²) in [6.45, 7) is 2.13. The number of anilines is 1. The standard InChI is InChI=1S/C16H15N3/c1-2-11-5-6-12-9-14(13-4-3-7-18-10-13)16(17)19-15(12)8-11/h3-10H,2H2,1H3,(H2,17,19). The molecule has 2 N–H and O–H groups in total. The van der Waals surface area contributed by atoms with Crippen LogP contribution in [0.5, 0.6) is 0 Å². The van der Waals surface area contributed by atoms with Gasteiger partial charge in [-0.2, -0.15) is 0 Å². The molecule has 0 spiro atoms. The number of aryl methyl sites for hydroxylation is 1. The van der Waals surface area contributed by atoms with Gasteiger partial charge in [0.15, 0.2) is 0 Å². The van der Waals surface area contributed by atoms with Gasteiger partial charge in [0, 0.05) is 28.9 Å². The highest BCUT2D eigenvalue weighted by atomic mass is 14.8. The largest absolute Gasteiger partial charge is 0.383 e. The Morgan fingerprint density at radius 2 is 2.05 bits per heavy atom. The van der Waals surface area contributed by atoms with Crippen LogP contribution in [0.2, 0.25) is 0 Å². The number of nitrogens with two attached hydrogens (primary N) is 1. The third-order valence-electron chi connectivity index (χ3n) is 3.29. The normalized spacial score (nSPS) is 10.8. The van der Waals surface area contributed by atoms with Gasteiger partial charge >= 0.3 is 0 Å². The maximum Gasteiger partial charge on any atom is 0.132 e. The predicted molar refractivity (Wildman–Crippen MR) is 78.8 cm³/mol. The van der Waals surface area contributed by atoms with Crippen molar-refractivity contribution in [3.05, 3.63) is 54.4 Å². The average molecular weight is 249 g/mol.